The van der Waals surface area contributed by atoms with E-state index in [4.69, 9.17) is 28.3 Å². The van der Waals surface area contributed by atoms with Crippen LogP contribution in [0.1, 0.15) is 42.0 Å². The van der Waals surface area contributed by atoms with Gasteiger partial charge in [0.05, 0.1) is 11.4 Å². The van der Waals surface area contributed by atoms with Gasteiger partial charge >= 0.3 is 0 Å². The van der Waals surface area contributed by atoms with Gasteiger partial charge in [0.25, 0.3) is 0 Å². The zero-order valence-electron chi connectivity index (χ0n) is 15.9. The first-order valence-corrected chi connectivity index (χ1v) is 10.4. The van der Waals surface area contributed by atoms with Gasteiger partial charge in [0, 0.05) is 39.2 Å². The molecule has 4 nitrogen and oxygen atoms in total. The highest BCUT2D eigenvalue weighted by Gasteiger charge is 2.39. The third-order valence-corrected chi connectivity index (χ3v) is 6.25. The fourth-order valence-electron chi connectivity index (χ4n) is 4.42. The van der Waals surface area contributed by atoms with Gasteiger partial charge in [0.2, 0.25) is 0 Å². The summed E-state index contributed by atoms with van der Waals surface area (Å²) in [6, 6.07) is 15.5. The Labute approximate surface area is 179 Å². The zero-order valence-corrected chi connectivity index (χ0v) is 17.4. The van der Waals surface area contributed by atoms with Crippen LogP contribution < -0.4 is 5.32 Å². The molecule has 0 saturated carbocycles. The highest BCUT2D eigenvalue weighted by Crippen LogP contribution is 2.48. The van der Waals surface area contributed by atoms with E-state index in [9.17, 15) is 4.79 Å². The van der Waals surface area contributed by atoms with Crippen LogP contribution in [-0.4, -0.2) is 15.6 Å². The van der Waals surface area contributed by atoms with E-state index in [0.29, 0.717) is 16.5 Å². The molecule has 6 heteroatoms. The van der Waals surface area contributed by atoms with Crippen molar-refractivity contribution in [2.24, 2.45) is 0 Å². The molecule has 0 bridgehead atoms. The Morgan fingerprint density at radius 3 is 2.66 bits per heavy atom. The minimum atomic E-state index is -0.253. The number of carbonyl (C=O) groups is 1. The summed E-state index contributed by atoms with van der Waals surface area (Å²) in [6.07, 6.45) is 2.24. The van der Waals surface area contributed by atoms with Crippen LogP contribution in [0.4, 0.5) is 5.82 Å². The Morgan fingerprint density at radius 2 is 1.90 bits per heavy atom. The number of hydrogen-bond donors (Lipinski definition) is 1. The number of halogens is 2. The second kappa shape index (κ2) is 7.05. The average Bonchev–Trinajstić information content (AvgIpc) is 3.04. The molecule has 0 fully saturated rings. The lowest BCUT2D eigenvalue weighted by molar-refractivity contribution is -0.116. The Bertz CT molecular complexity index is 1160. The van der Waals surface area contributed by atoms with Crippen molar-refractivity contribution in [1.29, 1.82) is 0 Å². The maximum Gasteiger partial charge on any atom is 0.161 e. The van der Waals surface area contributed by atoms with E-state index >= 15 is 0 Å². The van der Waals surface area contributed by atoms with Crippen LogP contribution in [-0.2, 0) is 4.79 Å². The third kappa shape index (κ3) is 2.98. The number of allylic oxidation sites excluding steroid dienone is 2. The molecular weight excluding hydrogens is 405 g/mol. The second-order valence-corrected chi connectivity index (χ2v) is 8.33. The summed E-state index contributed by atoms with van der Waals surface area (Å²) in [7, 11) is 0. The summed E-state index contributed by atoms with van der Waals surface area (Å²) < 4.78 is 1.92. The van der Waals surface area contributed by atoms with Crippen LogP contribution >= 0.6 is 23.2 Å². The van der Waals surface area contributed by atoms with Crippen LogP contribution in [0.2, 0.25) is 10.0 Å². The zero-order chi connectivity index (χ0) is 20.1. The first kappa shape index (κ1) is 18.5. The molecule has 146 valence electrons. The molecule has 1 aromatic heterocycles. The lowest BCUT2D eigenvalue weighted by Gasteiger charge is -2.33. The van der Waals surface area contributed by atoms with Crippen LogP contribution in [0.25, 0.3) is 5.69 Å². The molecule has 0 saturated heterocycles. The van der Waals surface area contributed by atoms with Gasteiger partial charge in [-0.3, -0.25) is 4.79 Å². The van der Waals surface area contributed by atoms with Crippen molar-refractivity contribution in [3.8, 4) is 5.69 Å². The van der Waals surface area contributed by atoms with E-state index in [1.807, 2.05) is 54.1 Å². The number of rotatable bonds is 2. The van der Waals surface area contributed by atoms with Crippen molar-refractivity contribution < 1.29 is 4.79 Å². The topological polar surface area (TPSA) is 46.9 Å². The molecule has 5 rings (SSSR count). The van der Waals surface area contributed by atoms with Gasteiger partial charge in [-0.2, -0.15) is 5.10 Å². The number of ketones is 1. The lowest BCUT2D eigenvalue weighted by atomic mass is 9.76. The van der Waals surface area contributed by atoms with Crippen molar-refractivity contribution >= 4 is 34.8 Å². The standard InChI is InChI=1S/C23H19Cl2N3O/c1-13-20-21(16-11-10-14(24)12-17(16)25)22-18(8-5-9-19(22)29)26-23(20)28(27-13)15-6-3-2-4-7-15/h2-4,6-7,10-12,21,26H,5,8-9H2,1H3. The van der Waals surface area contributed by atoms with Crippen molar-refractivity contribution in [1.82, 2.24) is 9.78 Å². The van der Waals surface area contributed by atoms with E-state index in [-0.39, 0.29) is 11.7 Å². The van der Waals surface area contributed by atoms with E-state index in [2.05, 4.69) is 5.32 Å². The number of aromatic nitrogens is 2. The van der Waals surface area contributed by atoms with Crippen LogP contribution in [0.5, 0.6) is 0 Å². The predicted octanol–water partition coefficient (Wildman–Crippen LogP) is 6.05. The Kier molecular flexibility index (Phi) is 4.49. The minimum Gasteiger partial charge on any atom is -0.343 e. The molecular formula is C23H19Cl2N3O. The summed E-state index contributed by atoms with van der Waals surface area (Å²) in [4.78, 5) is 13.0. The summed E-state index contributed by atoms with van der Waals surface area (Å²) in [5, 5.41) is 9.49. The van der Waals surface area contributed by atoms with Crippen molar-refractivity contribution in [3.05, 3.63) is 86.7 Å². The van der Waals surface area contributed by atoms with Gasteiger partial charge in [-0.1, -0.05) is 47.5 Å². The summed E-state index contributed by atoms with van der Waals surface area (Å²) in [5.41, 5.74) is 5.50. The fourth-order valence-corrected chi connectivity index (χ4v) is 4.94. The fraction of sp³-hybridized carbons (Fsp3) is 0.217. The molecule has 1 unspecified atom stereocenters. The molecule has 0 radical (unpaired) electrons. The number of para-hydroxylation sites is 1. The first-order valence-electron chi connectivity index (χ1n) is 9.67. The van der Waals surface area contributed by atoms with E-state index < -0.39 is 0 Å². The highest BCUT2D eigenvalue weighted by atomic mass is 35.5. The number of hydrogen-bond acceptors (Lipinski definition) is 3. The second-order valence-electron chi connectivity index (χ2n) is 7.49. The number of nitrogens with one attached hydrogen (secondary N) is 1. The molecule has 3 aromatic rings. The predicted molar refractivity (Wildman–Crippen MR) is 116 cm³/mol. The Hall–Kier alpha value is -2.56. The van der Waals surface area contributed by atoms with Gasteiger partial charge in [0.15, 0.2) is 5.78 Å². The summed E-state index contributed by atoms with van der Waals surface area (Å²) in [5.74, 6) is 0.821. The third-order valence-electron chi connectivity index (χ3n) is 5.68. The first-order chi connectivity index (χ1) is 14.0. The normalized spacial score (nSPS) is 18.3. The van der Waals surface area contributed by atoms with Crippen LogP contribution in [0.3, 0.4) is 0 Å². The molecule has 0 amide bonds. The molecule has 2 aromatic carbocycles. The number of carbonyl (C=O) groups excluding carboxylic acids is 1. The van der Waals surface area contributed by atoms with Crippen molar-refractivity contribution in [2.75, 3.05) is 5.32 Å². The monoisotopic (exact) mass is 423 g/mol. The van der Waals surface area contributed by atoms with Crippen molar-refractivity contribution in [3.63, 3.8) is 0 Å². The molecule has 2 heterocycles. The maximum absolute atomic E-state index is 13.0. The van der Waals surface area contributed by atoms with Gasteiger partial charge in [-0.25, -0.2) is 4.68 Å². The molecule has 29 heavy (non-hydrogen) atoms. The Morgan fingerprint density at radius 1 is 1.10 bits per heavy atom. The smallest absolute Gasteiger partial charge is 0.161 e. The van der Waals surface area contributed by atoms with Gasteiger partial charge in [-0.15, -0.1) is 0 Å². The minimum absolute atomic E-state index is 0.173. The summed E-state index contributed by atoms with van der Waals surface area (Å²) >= 11 is 12.8. The molecule has 2 aliphatic rings. The number of benzene rings is 2. The quantitative estimate of drug-likeness (QED) is 0.545. The van der Waals surface area contributed by atoms with Crippen LogP contribution in [0, 0.1) is 6.92 Å². The summed E-state index contributed by atoms with van der Waals surface area (Å²) in [6.45, 7) is 1.98. The van der Waals surface area contributed by atoms with Crippen LogP contribution in [0.15, 0.2) is 59.8 Å². The molecule has 1 N–H and O–H groups in total. The number of anilines is 1. The number of aryl methyl sites for hydroxylation is 1. The number of fused-ring (bicyclic) bond motifs is 1. The Balaban J connectivity index is 1.78. The van der Waals surface area contributed by atoms with E-state index in [1.54, 1.807) is 6.07 Å². The molecule has 1 aliphatic heterocycles. The van der Waals surface area contributed by atoms with Gasteiger partial charge < -0.3 is 5.32 Å². The van der Waals surface area contributed by atoms with Crippen molar-refractivity contribution in [2.45, 2.75) is 32.1 Å². The van der Waals surface area contributed by atoms with E-state index in [1.165, 1.54) is 0 Å². The highest BCUT2D eigenvalue weighted by molar-refractivity contribution is 6.35. The molecule has 1 atom stereocenters. The lowest BCUT2D eigenvalue weighted by Crippen LogP contribution is -2.27. The van der Waals surface area contributed by atoms with E-state index in [0.717, 1.165) is 52.4 Å². The van der Waals surface area contributed by atoms with Gasteiger partial charge in [-0.05, 0) is 49.6 Å². The number of Topliss-reactive ketones (excluding diaryl/α,β-unsaturated/α-hetero) is 1. The van der Waals surface area contributed by atoms with Gasteiger partial charge in [0.1, 0.15) is 5.82 Å². The molecule has 0 spiro atoms. The largest absolute Gasteiger partial charge is 0.343 e. The SMILES string of the molecule is Cc1nn(-c2ccccc2)c2c1C(c1ccc(Cl)cc1Cl)C1=C(CCCC1=O)N2. The average molecular weight is 424 g/mol. The molecule has 1 aliphatic carbocycles. The number of nitrogens with zero attached hydrogens (tertiary/aromatic N) is 2. The maximum atomic E-state index is 13.0.